The normalized spacial score (nSPS) is 16.4. The van der Waals surface area contributed by atoms with Crippen LogP contribution in [0.15, 0.2) is 53.0 Å². The Morgan fingerprint density at radius 3 is 2.13 bits per heavy atom. The lowest BCUT2D eigenvalue weighted by atomic mass is 10.1. The molecule has 0 radical (unpaired) electrons. The van der Waals surface area contributed by atoms with E-state index in [4.69, 9.17) is 4.74 Å². The molecule has 0 saturated carbocycles. The van der Waals surface area contributed by atoms with Gasteiger partial charge in [-0.3, -0.25) is 0 Å². The molecule has 0 spiro atoms. The maximum atomic E-state index is 10.1. The fraction of sp³-hybridized carbons (Fsp3) is 0.368. The fourth-order valence-corrected chi connectivity index (χ4v) is 3.16. The zero-order valence-electron chi connectivity index (χ0n) is 13.1. The number of rotatable bonds is 6. The standard InChI is InChI=1S/C19H22BrNO2/c20-17-7-3-15(4-8-17)16-5-9-19(10-6-16)23-14-18(22)13-21-11-1-2-12-21/h3-10,18,22H,1-2,11-14H2. The van der Waals surface area contributed by atoms with Crippen molar-refractivity contribution >= 4 is 15.9 Å². The zero-order valence-corrected chi connectivity index (χ0v) is 14.7. The predicted octanol–water partition coefficient (Wildman–Crippen LogP) is 3.95. The highest BCUT2D eigenvalue weighted by Gasteiger charge is 2.16. The van der Waals surface area contributed by atoms with Crippen molar-refractivity contribution in [3.05, 3.63) is 53.0 Å². The molecule has 1 heterocycles. The van der Waals surface area contributed by atoms with Gasteiger partial charge < -0.3 is 14.7 Å². The number of benzene rings is 2. The van der Waals surface area contributed by atoms with Crippen LogP contribution in [0.4, 0.5) is 0 Å². The summed E-state index contributed by atoms with van der Waals surface area (Å²) in [7, 11) is 0. The molecule has 0 amide bonds. The van der Waals surface area contributed by atoms with Crippen LogP contribution in [0.25, 0.3) is 11.1 Å². The van der Waals surface area contributed by atoms with Gasteiger partial charge in [0.2, 0.25) is 0 Å². The summed E-state index contributed by atoms with van der Waals surface area (Å²) in [5.41, 5.74) is 2.33. The van der Waals surface area contributed by atoms with Crippen molar-refractivity contribution in [2.24, 2.45) is 0 Å². The Morgan fingerprint density at radius 1 is 0.957 bits per heavy atom. The van der Waals surface area contributed by atoms with E-state index in [2.05, 4.69) is 33.0 Å². The molecule has 2 aromatic rings. The molecule has 1 saturated heterocycles. The third-order valence-electron chi connectivity index (χ3n) is 4.14. The number of hydrogen-bond acceptors (Lipinski definition) is 3. The largest absolute Gasteiger partial charge is 0.491 e. The van der Waals surface area contributed by atoms with E-state index in [0.717, 1.165) is 28.9 Å². The number of hydrogen-bond donors (Lipinski definition) is 1. The second-order valence-corrected chi connectivity index (χ2v) is 6.92. The van der Waals surface area contributed by atoms with Gasteiger partial charge in [0.15, 0.2) is 0 Å². The van der Waals surface area contributed by atoms with Crippen LogP contribution in [-0.4, -0.2) is 42.4 Å². The van der Waals surface area contributed by atoms with Crippen molar-refractivity contribution in [1.29, 1.82) is 0 Å². The number of aliphatic hydroxyl groups excluding tert-OH is 1. The molecule has 0 bridgehead atoms. The molecule has 0 aliphatic carbocycles. The Kier molecular flexibility index (Phi) is 5.70. The van der Waals surface area contributed by atoms with Crippen molar-refractivity contribution in [1.82, 2.24) is 4.90 Å². The minimum absolute atomic E-state index is 0.341. The van der Waals surface area contributed by atoms with E-state index in [1.54, 1.807) is 0 Å². The van der Waals surface area contributed by atoms with Crippen LogP contribution in [0, 0.1) is 0 Å². The summed E-state index contributed by atoms with van der Waals surface area (Å²) in [4.78, 5) is 2.30. The first-order valence-electron chi connectivity index (χ1n) is 8.10. The highest BCUT2D eigenvalue weighted by atomic mass is 79.9. The molecule has 122 valence electrons. The minimum Gasteiger partial charge on any atom is -0.491 e. The van der Waals surface area contributed by atoms with Crippen LogP contribution in [0.1, 0.15) is 12.8 Å². The molecular formula is C19H22BrNO2. The topological polar surface area (TPSA) is 32.7 Å². The summed E-state index contributed by atoms with van der Waals surface area (Å²) >= 11 is 3.45. The first-order chi connectivity index (χ1) is 11.2. The SMILES string of the molecule is OC(COc1ccc(-c2ccc(Br)cc2)cc1)CN1CCCC1. The highest BCUT2D eigenvalue weighted by molar-refractivity contribution is 9.10. The van der Waals surface area contributed by atoms with E-state index in [0.29, 0.717) is 13.2 Å². The van der Waals surface area contributed by atoms with Gasteiger partial charge in [-0.2, -0.15) is 0 Å². The molecule has 1 aliphatic rings. The van der Waals surface area contributed by atoms with E-state index in [9.17, 15) is 5.11 Å². The molecular weight excluding hydrogens is 354 g/mol. The molecule has 3 rings (SSSR count). The van der Waals surface area contributed by atoms with E-state index in [-0.39, 0.29) is 0 Å². The Labute approximate surface area is 146 Å². The van der Waals surface area contributed by atoms with Gasteiger partial charge in [-0.05, 0) is 61.3 Å². The van der Waals surface area contributed by atoms with E-state index in [1.807, 2.05) is 36.4 Å². The van der Waals surface area contributed by atoms with Crippen LogP contribution in [0.5, 0.6) is 5.75 Å². The van der Waals surface area contributed by atoms with E-state index < -0.39 is 6.10 Å². The van der Waals surface area contributed by atoms with Crippen LogP contribution in [-0.2, 0) is 0 Å². The lowest BCUT2D eigenvalue weighted by Crippen LogP contribution is -2.33. The number of halogens is 1. The Balaban J connectivity index is 1.51. The second kappa shape index (κ2) is 7.95. The van der Waals surface area contributed by atoms with Crippen molar-refractivity contribution in [2.45, 2.75) is 18.9 Å². The van der Waals surface area contributed by atoms with E-state index >= 15 is 0 Å². The third-order valence-corrected chi connectivity index (χ3v) is 4.67. The van der Waals surface area contributed by atoms with Crippen LogP contribution in [0.2, 0.25) is 0 Å². The average Bonchev–Trinajstić information content (AvgIpc) is 3.07. The molecule has 1 atom stereocenters. The number of β-amino-alcohol motifs (C(OH)–C–C–N with tert-alkyl or cyclic N) is 1. The van der Waals surface area contributed by atoms with E-state index in [1.165, 1.54) is 18.4 Å². The molecule has 3 nitrogen and oxygen atoms in total. The summed E-state index contributed by atoms with van der Waals surface area (Å²) in [6.07, 6.45) is 2.05. The average molecular weight is 376 g/mol. The Bertz CT molecular complexity index is 606. The lowest BCUT2D eigenvalue weighted by Gasteiger charge is -2.19. The summed E-state index contributed by atoms with van der Waals surface area (Å²) < 4.78 is 6.78. The van der Waals surface area contributed by atoms with Gasteiger partial charge in [0.05, 0.1) is 0 Å². The zero-order chi connectivity index (χ0) is 16.1. The van der Waals surface area contributed by atoms with Crippen LogP contribution < -0.4 is 4.74 Å². The summed E-state index contributed by atoms with van der Waals surface area (Å²) in [6.45, 7) is 3.24. The minimum atomic E-state index is -0.431. The second-order valence-electron chi connectivity index (χ2n) is 6.00. The van der Waals surface area contributed by atoms with Gasteiger partial charge in [-0.15, -0.1) is 0 Å². The van der Waals surface area contributed by atoms with Crippen molar-refractivity contribution < 1.29 is 9.84 Å². The third kappa shape index (κ3) is 4.80. The number of aliphatic hydroxyl groups is 1. The molecule has 1 N–H and O–H groups in total. The van der Waals surface area contributed by atoms with Crippen LogP contribution >= 0.6 is 15.9 Å². The molecule has 1 aliphatic heterocycles. The van der Waals surface area contributed by atoms with Crippen molar-refractivity contribution in [2.75, 3.05) is 26.2 Å². The lowest BCUT2D eigenvalue weighted by molar-refractivity contribution is 0.0758. The Morgan fingerprint density at radius 2 is 1.52 bits per heavy atom. The van der Waals surface area contributed by atoms with Gasteiger partial charge in [0, 0.05) is 11.0 Å². The van der Waals surface area contributed by atoms with Crippen molar-refractivity contribution in [3.63, 3.8) is 0 Å². The van der Waals surface area contributed by atoms with Gasteiger partial charge in [0.1, 0.15) is 18.5 Å². The smallest absolute Gasteiger partial charge is 0.119 e. The number of nitrogens with zero attached hydrogens (tertiary/aromatic N) is 1. The molecule has 1 fully saturated rings. The van der Waals surface area contributed by atoms with Gasteiger partial charge in [-0.25, -0.2) is 0 Å². The summed E-state index contributed by atoms with van der Waals surface area (Å²) in [6, 6.07) is 16.2. The molecule has 23 heavy (non-hydrogen) atoms. The maximum Gasteiger partial charge on any atom is 0.119 e. The fourth-order valence-electron chi connectivity index (χ4n) is 2.89. The van der Waals surface area contributed by atoms with Gasteiger partial charge in [-0.1, -0.05) is 40.2 Å². The number of ether oxygens (including phenoxy) is 1. The first-order valence-corrected chi connectivity index (χ1v) is 8.89. The molecule has 1 unspecified atom stereocenters. The number of likely N-dealkylation sites (tertiary alicyclic amines) is 1. The highest BCUT2D eigenvalue weighted by Crippen LogP contribution is 2.24. The van der Waals surface area contributed by atoms with Crippen molar-refractivity contribution in [3.8, 4) is 16.9 Å². The maximum absolute atomic E-state index is 10.1. The summed E-state index contributed by atoms with van der Waals surface area (Å²) in [5, 5.41) is 10.1. The first kappa shape index (κ1) is 16.5. The molecule has 0 aromatic heterocycles. The van der Waals surface area contributed by atoms with Gasteiger partial charge >= 0.3 is 0 Å². The summed E-state index contributed by atoms with van der Waals surface area (Å²) in [5.74, 6) is 0.798. The van der Waals surface area contributed by atoms with Gasteiger partial charge in [0.25, 0.3) is 0 Å². The monoisotopic (exact) mass is 375 g/mol. The molecule has 2 aromatic carbocycles. The predicted molar refractivity (Wildman–Crippen MR) is 96.8 cm³/mol. The quantitative estimate of drug-likeness (QED) is 0.829. The molecule has 4 heteroatoms. The Hall–Kier alpha value is -1.36. The van der Waals surface area contributed by atoms with Crippen LogP contribution in [0.3, 0.4) is 0 Å².